The first-order valence-corrected chi connectivity index (χ1v) is 12.0. The van der Waals surface area contributed by atoms with Crippen LogP contribution in [-0.2, 0) is 36.8 Å². The Bertz CT molecular complexity index is 1160. The van der Waals surface area contributed by atoms with E-state index >= 15 is 0 Å². The molecule has 5 unspecified atom stereocenters. The van der Waals surface area contributed by atoms with E-state index in [1.165, 1.54) is 24.3 Å². The summed E-state index contributed by atoms with van der Waals surface area (Å²) in [4.78, 5) is 61.6. The molecule has 0 aliphatic heterocycles. The third-order valence-electron chi connectivity index (χ3n) is 5.70. The van der Waals surface area contributed by atoms with Crippen LogP contribution in [0.3, 0.4) is 0 Å². The number of aliphatic hydroxyl groups is 1. The first-order chi connectivity index (χ1) is 18.4. The van der Waals surface area contributed by atoms with Crippen molar-refractivity contribution in [3.05, 3.63) is 65.7 Å². The van der Waals surface area contributed by atoms with Gasteiger partial charge in [0.2, 0.25) is 17.7 Å². The lowest BCUT2D eigenvalue weighted by atomic mass is 10.0. The maximum Gasteiger partial charge on any atom is 0.328 e. The van der Waals surface area contributed by atoms with Gasteiger partial charge in [0.25, 0.3) is 0 Å². The molecule has 0 radical (unpaired) electrons. The number of rotatable bonds is 14. The zero-order valence-electron chi connectivity index (χ0n) is 21.1. The molecule has 2 aromatic carbocycles. The number of carbonyl (C=O) groups excluding carboxylic acids is 3. The zero-order valence-corrected chi connectivity index (χ0v) is 21.1. The van der Waals surface area contributed by atoms with E-state index in [4.69, 9.17) is 5.73 Å². The van der Waals surface area contributed by atoms with Gasteiger partial charge in [0.1, 0.15) is 17.8 Å². The van der Waals surface area contributed by atoms with Crippen LogP contribution >= 0.6 is 0 Å². The summed E-state index contributed by atoms with van der Waals surface area (Å²) in [5, 5.41) is 44.7. The van der Waals surface area contributed by atoms with Gasteiger partial charge in [-0.25, -0.2) is 4.79 Å². The van der Waals surface area contributed by atoms with Crippen LogP contribution in [0, 0.1) is 0 Å². The van der Waals surface area contributed by atoms with E-state index in [2.05, 4.69) is 16.0 Å². The molecule has 39 heavy (non-hydrogen) atoms. The topological polar surface area (TPSA) is 228 Å². The molecular formula is C26H32N4O9. The zero-order chi connectivity index (χ0) is 29.1. The third kappa shape index (κ3) is 10.1. The van der Waals surface area contributed by atoms with Crippen molar-refractivity contribution in [2.24, 2.45) is 5.73 Å². The second-order valence-corrected chi connectivity index (χ2v) is 8.95. The van der Waals surface area contributed by atoms with Gasteiger partial charge < -0.3 is 42.1 Å². The van der Waals surface area contributed by atoms with Crippen LogP contribution in [0.25, 0.3) is 0 Å². The summed E-state index contributed by atoms with van der Waals surface area (Å²) in [6.45, 7) is 1.16. The van der Waals surface area contributed by atoms with Gasteiger partial charge in [-0.05, 0) is 36.6 Å². The predicted molar refractivity (Wildman–Crippen MR) is 137 cm³/mol. The number of aliphatic hydroxyl groups excluding tert-OH is 1. The first-order valence-electron chi connectivity index (χ1n) is 12.0. The molecule has 0 spiro atoms. The van der Waals surface area contributed by atoms with Crippen molar-refractivity contribution in [3.8, 4) is 5.75 Å². The summed E-state index contributed by atoms with van der Waals surface area (Å²) in [5.74, 6) is -5.78. The molecule has 0 heterocycles. The monoisotopic (exact) mass is 544 g/mol. The minimum atomic E-state index is -1.69. The van der Waals surface area contributed by atoms with Crippen molar-refractivity contribution < 1.29 is 44.4 Å². The molecule has 0 aliphatic carbocycles. The molecule has 0 fully saturated rings. The number of hydrogen-bond donors (Lipinski definition) is 8. The molecule has 13 nitrogen and oxygen atoms in total. The number of carboxylic acid groups (broad SMARTS) is 2. The van der Waals surface area contributed by atoms with Gasteiger partial charge in [-0.1, -0.05) is 42.5 Å². The molecule has 9 N–H and O–H groups in total. The summed E-state index contributed by atoms with van der Waals surface area (Å²) >= 11 is 0. The van der Waals surface area contributed by atoms with Crippen molar-refractivity contribution >= 4 is 29.7 Å². The van der Waals surface area contributed by atoms with Gasteiger partial charge in [0.05, 0.1) is 18.6 Å². The SMILES string of the molecule is CC(O)C(NC(=O)C(Cc1ccc(O)cc1)NC(=O)C(CC(=O)O)NC(=O)C(N)Cc1ccccc1)C(=O)O. The Morgan fingerprint density at radius 3 is 1.85 bits per heavy atom. The summed E-state index contributed by atoms with van der Waals surface area (Å²) in [5.41, 5.74) is 7.15. The number of phenols is 1. The average molecular weight is 545 g/mol. The molecular weight excluding hydrogens is 512 g/mol. The van der Waals surface area contributed by atoms with E-state index in [1.807, 2.05) is 0 Å². The summed E-state index contributed by atoms with van der Waals surface area (Å²) in [6, 6.07) is 8.55. The lowest BCUT2D eigenvalue weighted by molar-refractivity contribution is -0.145. The maximum atomic E-state index is 13.1. The minimum absolute atomic E-state index is 0.0556. The Labute approximate surface area is 224 Å². The van der Waals surface area contributed by atoms with Gasteiger partial charge in [-0.3, -0.25) is 19.2 Å². The standard InChI is InChI=1S/C26H32N4O9/c1-14(31)22(26(38)39)30-25(37)19(12-16-7-9-17(32)10-8-16)29-24(36)20(13-21(33)34)28-23(35)18(27)11-15-5-3-2-4-6-15/h2-10,14,18-20,22,31-32H,11-13,27H2,1H3,(H,28,35)(H,29,36)(H,30,37)(H,33,34)(H,38,39). The number of nitrogens with one attached hydrogen (secondary N) is 3. The Hall–Kier alpha value is -4.49. The number of aliphatic carboxylic acids is 2. The molecule has 0 bridgehead atoms. The number of amides is 3. The fourth-order valence-corrected chi connectivity index (χ4v) is 3.62. The van der Waals surface area contributed by atoms with Crippen LogP contribution in [0.4, 0.5) is 0 Å². The Morgan fingerprint density at radius 1 is 0.769 bits per heavy atom. The predicted octanol–water partition coefficient (Wildman–Crippen LogP) is -1.10. The summed E-state index contributed by atoms with van der Waals surface area (Å²) in [7, 11) is 0. The highest BCUT2D eigenvalue weighted by Gasteiger charge is 2.33. The van der Waals surface area contributed by atoms with Crippen molar-refractivity contribution in [1.29, 1.82) is 0 Å². The van der Waals surface area contributed by atoms with E-state index in [1.54, 1.807) is 30.3 Å². The summed E-state index contributed by atoms with van der Waals surface area (Å²) < 4.78 is 0. The Morgan fingerprint density at radius 2 is 1.31 bits per heavy atom. The molecule has 0 saturated carbocycles. The number of carbonyl (C=O) groups is 5. The van der Waals surface area contributed by atoms with Gasteiger partial charge in [0.15, 0.2) is 6.04 Å². The van der Waals surface area contributed by atoms with Crippen molar-refractivity contribution in [3.63, 3.8) is 0 Å². The molecule has 3 amide bonds. The summed E-state index contributed by atoms with van der Waals surface area (Å²) in [6.07, 6.45) is -2.36. The molecule has 2 aromatic rings. The van der Waals surface area contributed by atoms with Gasteiger partial charge >= 0.3 is 11.9 Å². The van der Waals surface area contributed by atoms with Gasteiger partial charge in [-0.2, -0.15) is 0 Å². The Balaban J connectivity index is 2.23. The molecule has 210 valence electrons. The fraction of sp³-hybridized carbons (Fsp3) is 0.346. The normalized spacial score (nSPS) is 14.6. The van der Waals surface area contributed by atoms with Gasteiger partial charge in [-0.15, -0.1) is 0 Å². The third-order valence-corrected chi connectivity index (χ3v) is 5.70. The largest absolute Gasteiger partial charge is 0.508 e. The van der Waals surface area contributed by atoms with Crippen molar-refractivity contribution in [1.82, 2.24) is 16.0 Å². The fourth-order valence-electron chi connectivity index (χ4n) is 3.62. The molecule has 0 aromatic heterocycles. The quantitative estimate of drug-likeness (QED) is 0.143. The minimum Gasteiger partial charge on any atom is -0.508 e. The number of carboxylic acids is 2. The Kier molecular flexibility index (Phi) is 11.4. The number of benzene rings is 2. The molecule has 13 heteroatoms. The smallest absolute Gasteiger partial charge is 0.328 e. The molecule has 2 rings (SSSR count). The van der Waals surface area contributed by atoms with Crippen LogP contribution in [0.5, 0.6) is 5.75 Å². The number of aromatic hydroxyl groups is 1. The van der Waals surface area contributed by atoms with E-state index < -0.39 is 66.4 Å². The molecule has 0 aliphatic rings. The van der Waals surface area contributed by atoms with Crippen molar-refractivity contribution in [2.45, 2.75) is 56.5 Å². The van der Waals surface area contributed by atoms with E-state index in [0.717, 1.165) is 12.5 Å². The lowest BCUT2D eigenvalue weighted by Gasteiger charge is -2.25. The lowest BCUT2D eigenvalue weighted by Crippen LogP contribution is -2.59. The number of phenolic OH excluding ortho intramolecular Hbond substituents is 1. The first kappa shape index (κ1) is 30.7. The number of nitrogens with two attached hydrogens (primary N) is 1. The van der Waals surface area contributed by atoms with E-state index in [9.17, 15) is 44.4 Å². The highest BCUT2D eigenvalue weighted by Crippen LogP contribution is 2.12. The second kappa shape index (κ2) is 14.4. The van der Waals surface area contributed by atoms with Gasteiger partial charge in [0, 0.05) is 6.42 Å². The average Bonchev–Trinajstić information content (AvgIpc) is 2.87. The van der Waals surface area contributed by atoms with E-state index in [0.29, 0.717) is 5.56 Å². The van der Waals surface area contributed by atoms with Crippen LogP contribution in [0.2, 0.25) is 0 Å². The highest BCUT2D eigenvalue weighted by molar-refractivity contribution is 5.95. The van der Waals surface area contributed by atoms with Crippen molar-refractivity contribution in [2.75, 3.05) is 0 Å². The van der Waals surface area contributed by atoms with Crippen LogP contribution in [-0.4, -0.2) is 80.4 Å². The van der Waals surface area contributed by atoms with Crippen LogP contribution in [0.15, 0.2) is 54.6 Å². The molecule has 5 atom stereocenters. The van der Waals surface area contributed by atoms with E-state index in [-0.39, 0.29) is 18.6 Å². The van der Waals surface area contributed by atoms with Crippen LogP contribution in [0.1, 0.15) is 24.5 Å². The van der Waals surface area contributed by atoms with Crippen LogP contribution < -0.4 is 21.7 Å². The maximum absolute atomic E-state index is 13.1. The number of hydrogen-bond acceptors (Lipinski definition) is 8. The second-order valence-electron chi connectivity index (χ2n) is 8.95. The molecule has 0 saturated heterocycles. The highest BCUT2D eigenvalue weighted by atomic mass is 16.4.